The van der Waals surface area contributed by atoms with E-state index in [1.54, 1.807) is 24.3 Å². The first-order chi connectivity index (χ1) is 17.3. The smallest absolute Gasteiger partial charge is 0.335 e. The molecule has 182 valence electrons. The maximum absolute atomic E-state index is 13.9. The predicted octanol–water partition coefficient (Wildman–Crippen LogP) is 3.99. The van der Waals surface area contributed by atoms with Crippen LogP contribution in [0.3, 0.4) is 0 Å². The number of nitrogens with zero attached hydrogens (tertiary/aromatic N) is 2. The first kappa shape index (κ1) is 24.1. The minimum atomic E-state index is -1.03. The monoisotopic (exact) mass is 491 g/mol. The van der Waals surface area contributed by atoms with Crippen molar-refractivity contribution in [3.8, 4) is 11.5 Å². The van der Waals surface area contributed by atoms with E-state index in [2.05, 4.69) is 5.32 Å². The molecule has 3 aromatic rings. The lowest BCUT2D eigenvalue weighted by atomic mass is 10.1. The summed E-state index contributed by atoms with van der Waals surface area (Å²) in [6.07, 6.45) is 1.25. The predicted molar refractivity (Wildman–Crippen MR) is 126 cm³/mol. The van der Waals surface area contributed by atoms with Crippen molar-refractivity contribution < 1.29 is 33.2 Å². The number of ether oxygens (including phenoxy) is 2. The molecule has 10 nitrogen and oxygen atoms in total. The molecule has 3 aromatic carbocycles. The number of amides is 4. The molecular weight excluding hydrogens is 473 g/mol. The first-order valence-electron chi connectivity index (χ1n) is 10.5. The number of barbiturate groups is 1. The molecule has 1 fully saturated rings. The zero-order chi connectivity index (χ0) is 25.8. The van der Waals surface area contributed by atoms with Gasteiger partial charge in [0.05, 0.1) is 17.7 Å². The van der Waals surface area contributed by atoms with Gasteiger partial charge in [-0.2, -0.15) is 0 Å². The van der Waals surface area contributed by atoms with Crippen LogP contribution in [-0.2, 0) is 16.2 Å². The zero-order valence-corrected chi connectivity index (χ0v) is 18.8. The summed E-state index contributed by atoms with van der Waals surface area (Å²) >= 11 is 0. The Balaban J connectivity index is 1.61. The molecule has 0 radical (unpaired) electrons. The Hall–Kier alpha value is -5.06. The number of anilines is 1. The van der Waals surface area contributed by atoms with Crippen LogP contribution in [0.25, 0.3) is 6.08 Å². The molecule has 0 atom stereocenters. The number of methoxy groups -OCH3 is 1. The van der Waals surface area contributed by atoms with Crippen molar-refractivity contribution in [1.29, 1.82) is 0 Å². The summed E-state index contributed by atoms with van der Waals surface area (Å²) in [6, 6.07) is 14.6. The number of hydrogen-bond acceptors (Lipinski definition) is 7. The van der Waals surface area contributed by atoms with E-state index in [9.17, 15) is 28.9 Å². The Morgan fingerprint density at radius 3 is 2.53 bits per heavy atom. The van der Waals surface area contributed by atoms with Crippen LogP contribution in [0.2, 0.25) is 0 Å². The van der Waals surface area contributed by atoms with Crippen molar-refractivity contribution in [2.75, 3.05) is 12.0 Å². The Bertz CT molecular complexity index is 1420. The van der Waals surface area contributed by atoms with Crippen LogP contribution in [0.1, 0.15) is 11.1 Å². The number of benzene rings is 3. The molecule has 11 heteroatoms. The second kappa shape index (κ2) is 10.1. The van der Waals surface area contributed by atoms with Gasteiger partial charge in [-0.05, 0) is 35.9 Å². The van der Waals surface area contributed by atoms with Gasteiger partial charge in [-0.15, -0.1) is 0 Å². The summed E-state index contributed by atoms with van der Waals surface area (Å²) in [5.74, 6) is -1.73. The van der Waals surface area contributed by atoms with Crippen LogP contribution in [-0.4, -0.2) is 29.9 Å². The van der Waals surface area contributed by atoms with Crippen LogP contribution in [0.4, 0.5) is 20.6 Å². The van der Waals surface area contributed by atoms with E-state index < -0.39 is 28.6 Å². The number of halogens is 1. The summed E-state index contributed by atoms with van der Waals surface area (Å²) in [7, 11) is 1.39. The number of nitro groups is 1. The van der Waals surface area contributed by atoms with Crippen molar-refractivity contribution in [1.82, 2.24) is 5.32 Å². The molecule has 1 N–H and O–H groups in total. The van der Waals surface area contributed by atoms with Crippen molar-refractivity contribution in [2.24, 2.45) is 0 Å². The Kier molecular flexibility index (Phi) is 6.72. The highest BCUT2D eigenvalue weighted by molar-refractivity contribution is 6.39. The Morgan fingerprint density at radius 1 is 1.03 bits per heavy atom. The lowest BCUT2D eigenvalue weighted by molar-refractivity contribution is -0.384. The number of imide groups is 2. The molecule has 0 aliphatic carbocycles. The third-order valence-electron chi connectivity index (χ3n) is 5.24. The second-order valence-electron chi connectivity index (χ2n) is 7.53. The average Bonchev–Trinajstić information content (AvgIpc) is 2.86. The van der Waals surface area contributed by atoms with Gasteiger partial charge in [-0.1, -0.05) is 30.3 Å². The highest BCUT2D eigenvalue weighted by atomic mass is 19.1. The lowest BCUT2D eigenvalue weighted by Crippen LogP contribution is -2.54. The standard InChI is InChI=1S/C25H18FN3O7/c1-35-22-12-15(9-10-21(22)36-14-16-5-2-3-8-20(16)26)11-19-23(30)27-25(32)28(24(19)31)17-6-4-7-18(13-17)29(33)34/h2-13H,14H2,1H3,(H,27,30,32). The summed E-state index contributed by atoms with van der Waals surface area (Å²) in [4.78, 5) is 48.9. The molecule has 1 aliphatic heterocycles. The molecule has 0 spiro atoms. The fourth-order valence-electron chi connectivity index (χ4n) is 3.47. The Labute approximate surface area is 203 Å². The molecule has 0 aromatic heterocycles. The van der Waals surface area contributed by atoms with Gasteiger partial charge in [0.25, 0.3) is 17.5 Å². The van der Waals surface area contributed by atoms with Gasteiger partial charge in [0.15, 0.2) is 11.5 Å². The van der Waals surface area contributed by atoms with Crippen LogP contribution >= 0.6 is 0 Å². The molecule has 1 heterocycles. The van der Waals surface area contributed by atoms with Gasteiger partial charge in [-0.3, -0.25) is 25.0 Å². The van der Waals surface area contributed by atoms with Gasteiger partial charge in [0, 0.05) is 17.7 Å². The third kappa shape index (κ3) is 4.89. The number of carbonyl (C=O) groups is 3. The van der Waals surface area contributed by atoms with E-state index >= 15 is 0 Å². The topological polar surface area (TPSA) is 128 Å². The number of nitrogens with one attached hydrogen (secondary N) is 1. The SMILES string of the molecule is COc1cc(C=C2C(=O)NC(=O)N(c3cccc([N+](=O)[O-])c3)C2=O)ccc1OCc1ccccc1F. The van der Waals surface area contributed by atoms with Gasteiger partial charge in [-0.25, -0.2) is 14.1 Å². The highest BCUT2D eigenvalue weighted by Gasteiger charge is 2.37. The Morgan fingerprint density at radius 2 is 1.81 bits per heavy atom. The largest absolute Gasteiger partial charge is 0.493 e. The van der Waals surface area contributed by atoms with Gasteiger partial charge >= 0.3 is 6.03 Å². The van der Waals surface area contributed by atoms with Gasteiger partial charge in [0.2, 0.25) is 0 Å². The quantitative estimate of drug-likeness (QED) is 0.229. The molecule has 1 aliphatic rings. The first-order valence-corrected chi connectivity index (χ1v) is 10.5. The number of rotatable bonds is 7. The van der Waals surface area contributed by atoms with E-state index in [1.165, 1.54) is 49.6 Å². The summed E-state index contributed by atoms with van der Waals surface area (Å²) in [5.41, 5.74) is -0.0490. The van der Waals surface area contributed by atoms with Crippen molar-refractivity contribution in [2.45, 2.75) is 6.61 Å². The average molecular weight is 491 g/mol. The number of carbonyl (C=O) groups excluding carboxylic acids is 3. The molecular formula is C25H18FN3O7. The maximum Gasteiger partial charge on any atom is 0.335 e. The van der Waals surface area contributed by atoms with Crippen LogP contribution < -0.4 is 19.7 Å². The molecule has 1 saturated heterocycles. The number of non-ortho nitro benzene ring substituents is 1. The fourth-order valence-corrected chi connectivity index (χ4v) is 3.47. The van der Waals surface area contributed by atoms with Gasteiger partial charge in [0.1, 0.15) is 18.0 Å². The molecule has 0 saturated carbocycles. The summed E-state index contributed by atoms with van der Waals surface area (Å²) < 4.78 is 24.9. The van der Waals surface area contributed by atoms with E-state index in [1.807, 2.05) is 0 Å². The second-order valence-corrected chi connectivity index (χ2v) is 7.53. The molecule has 36 heavy (non-hydrogen) atoms. The summed E-state index contributed by atoms with van der Waals surface area (Å²) in [6.45, 7) is -0.0509. The molecule has 0 unspecified atom stereocenters. The van der Waals surface area contributed by atoms with Crippen LogP contribution in [0.15, 0.2) is 72.3 Å². The number of urea groups is 1. The molecule has 4 amide bonds. The molecule has 0 bridgehead atoms. The highest BCUT2D eigenvalue weighted by Crippen LogP contribution is 2.31. The third-order valence-corrected chi connectivity index (χ3v) is 5.24. The van der Waals surface area contributed by atoms with E-state index in [0.29, 0.717) is 21.8 Å². The van der Waals surface area contributed by atoms with E-state index in [0.717, 1.165) is 6.07 Å². The summed E-state index contributed by atoms with van der Waals surface area (Å²) in [5, 5.41) is 13.1. The van der Waals surface area contributed by atoms with Crippen LogP contribution in [0, 0.1) is 15.9 Å². The van der Waals surface area contributed by atoms with Crippen molar-refractivity contribution >= 4 is 35.3 Å². The normalized spacial score (nSPS) is 14.6. The van der Waals surface area contributed by atoms with E-state index in [4.69, 9.17) is 9.47 Å². The number of nitro benzene ring substituents is 1. The minimum absolute atomic E-state index is 0.0509. The minimum Gasteiger partial charge on any atom is -0.493 e. The van der Waals surface area contributed by atoms with Crippen LogP contribution in [0.5, 0.6) is 11.5 Å². The fraction of sp³-hybridized carbons (Fsp3) is 0.0800. The molecule has 4 rings (SSSR count). The van der Waals surface area contributed by atoms with Crippen molar-refractivity contribution in [3.05, 3.63) is 99.4 Å². The van der Waals surface area contributed by atoms with Gasteiger partial charge < -0.3 is 9.47 Å². The van der Waals surface area contributed by atoms with Crippen molar-refractivity contribution in [3.63, 3.8) is 0 Å². The van der Waals surface area contributed by atoms with E-state index in [-0.39, 0.29) is 29.3 Å². The maximum atomic E-state index is 13.9. The number of hydrogen-bond donors (Lipinski definition) is 1. The lowest BCUT2D eigenvalue weighted by Gasteiger charge is -2.26. The zero-order valence-electron chi connectivity index (χ0n) is 18.8.